The SMILES string of the molecule is COc1ccc(F)cc1-c1nc(C2CC2)c(CN)[nH]1. The average molecular weight is 261 g/mol. The van der Waals surface area contributed by atoms with E-state index in [1.165, 1.54) is 12.1 Å². The molecule has 0 amide bonds. The van der Waals surface area contributed by atoms with Crippen LogP contribution in [0.3, 0.4) is 0 Å². The van der Waals surface area contributed by atoms with Crippen molar-refractivity contribution in [3.05, 3.63) is 35.4 Å². The molecule has 4 nitrogen and oxygen atoms in total. The molecule has 1 aromatic carbocycles. The van der Waals surface area contributed by atoms with Crippen LogP contribution in [0.1, 0.15) is 30.1 Å². The molecule has 1 heterocycles. The number of benzene rings is 1. The Kier molecular flexibility index (Phi) is 2.98. The number of halogens is 1. The van der Waals surface area contributed by atoms with Crippen LogP contribution in [0.4, 0.5) is 4.39 Å². The van der Waals surface area contributed by atoms with Crippen molar-refractivity contribution >= 4 is 0 Å². The Morgan fingerprint density at radius 3 is 2.89 bits per heavy atom. The number of nitrogens with zero attached hydrogens (tertiary/aromatic N) is 1. The van der Waals surface area contributed by atoms with Gasteiger partial charge < -0.3 is 15.5 Å². The van der Waals surface area contributed by atoms with Crippen molar-refractivity contribution in [1.29, 1.82) is 0 Å². The lowest BCUT2D eigenvalue weighted by Gasteiger charge is -2.05. The van der Waals surface area contributed by atoms with E-state index in [0.29, 0.717) is 29.6 Å². The first-order valence-electron chi connectivity index (χ1n) is 6.35. The van der Waals surface area contributed by atoms with Gasteiger partial charge in [0, 0.05) is 12.5 Å². The van der Waals surface area contributed by atoms with E-state index >= 15 is 0 Å². The zero-order chi connectivity index (χ0) is 13.4. The van der Waals surface area contributed by atoms with Crippen molar-refractivity contribution in [1.82, 2.24) is 9.97 Å². The normalized spacial score (nSPS) is 14.7. The van der Waals surface area contributed by atoms with Crippen LogP contribution in [0.2, 0.25) is 0 Å². The van der Waals surface area contributed by atoms with E-state index < -0.39 is 0 Å². The number of H-pyrrole nitrogens is 1. The van der Waals surface area contributed by atoms with Crippen molar-refractivity contribution < 1.29 is 9.13 Å². The number of hydrogen-bond acceptors (Lipinski definition) is 3. The van der Waals surface area contributed by atoms with Gasteiger partial charge in [0.25, 0.3) is 0 Å². The highest BCUT2D eigenvalue weighted by atomic mass is 19.1. The summed E-state index contributed by atoms with van der Waals surface area (Å²) in [5.41, 5.74) is 8.31. The van der Waals surface area contributed by atoms with Crippen molar-refractivity contribution in [2.45, 2.75) is 25.3 Å². The predicted octanol–water partition coefficient (Wildman–Crippen LogP) is 2.56. The lowest BCUT2D eigenvalue weighted by atomic mass is 10.2. The van der Waals surface area contributed by atoms with Gasteiger partial charge >= 0.3 is 0 Å². The maximum Gasteiger partial charge on any atom is 0.141 e. The Morgan fingerprint density at radius 1 is 1.47 bits per heavy atom. The van der Waals surface area contributed by atoms with E-state index in [1.807, 2.05) is 0 Å². The molecule has 0 unspecified atom stereocenters. The molecule has 0 spiro atoms. The number of rotatable bonds is 4. The Morgan fingerprint density at radius 2 is 2.26 bits per heavy atom. The van der Waals surface area contributed by atoms with E-state index in [-0.39, 0.29) is 5.82 Å². The molecular formula is C14H16FN3O. The number of nitrogens with one attached hydrogen (secondary N) is 1. The number of hydrogen-bond donors (Lipinski definition) is 2. The molecule has 1 aromatic heterocycles. The van der Waals surface area contributed by atoms with Crippen molar-refractivity contribution in [2.24, 2.45) is 5.73 Å². The number of ether oxygens (including phenoxy) is 1. The summed E-state index contributed by atoms with van der Waals surface area (Å²) in [6, 6.07) is 4.40. The number of aromatic nitrogens is 2. The van der Waals surface area contributed by atoms with Gasteiger partial charge in [0.2, 0.25) is 0 Å². The Bertz CT molecular complexity index is 605. The van der Waals surface area contributed by atoms with Crippen LogP contribution in [0.5, 0.6) is 5.75 Å². The Labute approximate surface area is 110 Å². The summed E-state index contributed by atoms with van der Waals surface area (Å²) >= 11 is 0. The molecule has 0 bridgehead atoms. The van der Waals surface area contributed by atoms with Gasteiger partial charge in [0.1, 0.15) is 17.4 Å². The lowest BCUT2D eigenvalue weighted by Crippen LogP contribution is -2.00. The van der Waals surface area contributed by atoms with E-state index in [0.717, 1.165) is 24.2 Å². The van der Waals surface area contributed by atoms with E-state index in [2.05, 4.69) is 9.97 Å². The summed E-state index contributed by atoms with van der Waals surface area (Å²) in [5.74, 6) is 1.41. The van der Waals surface area contributed by atoms with Crippen LogP contribution >= 0.6 is 0 Å². The second kappa shape index (κ2) is 4.66. The zero-order valence-electron chi connectivity index (χ0n) is 10.7. The third-order valence-corrected chi connectivity index (χ3v) is 3.40. The highest BCUT2D eigenvalue weighted by Gasteiger charge is 2.29. The molecule has 2 aromatic rings. The number of nitrogens with two attached hydrogens (primary N) is 1. The molecule has 0 radical (unpaired) electrons. The molecule has 1 fully saturated rings. The van der Waals surface area contributed by atoms with Gasteiger partial charge in [-0.2, -0.15) is 0 Å². The highest BCUT2D eigenvalue weighted by molar-refractivity contribution is 5.65. The Hall–Kier alpha value is -1.88. The highest BCUT2D eigenvalue weighted by Crippen LogP contribution is 2.42. The number of methoxy groups -OCH3 is 1. The van der Waals surface area contributed by atoms with Crippen LogP contribution < -0.4 is 10.5 Å². The summed E-state index contributed by atoms with van der Waals surface area (Å²) in [4.78, 5) is 7.77. The quantitative estimate of drug-likeness (QED) is 0.889. The minimum absolute atomic E-state index is 0.311. The fourth-order valence-corrected chi connectivity index (χ4v) is 2.27. The van der Waals surface area contributed by atoms with Gasteiger partial charge in [-0.15, -0.1) is 0 Å². The maximum atomic E-state index is 13.4. The zero-order valence-corrected chi connectivity index (χ0v) is 10.7. The summed E-state index contributed by atoms with van der Waals surface area (Å²) in [5, 5.41) is 0. The van der Waals surface area contributed by atoms with E-state index in [1.54, 1.807) is 13.2 Å². The third kappa shape index (κ3) is 2.21. The molecule has 19 heavy (non-hydrogen) atoms. The van der Waals surface area contributed by atoms with Crippen LogP contribution in [0.25, 0.3) is 11.4 Å². The van der Waals surface area contributed by atoms with Crippen LogP contribution in [-0.4, -0.2) is 17.1 Å². The second-order valence-electron chi connectivity index (χ2n) is 4.77. The van der Waals surface area contributed by atoms with E-state index in [4.69, 9.17) is 10.5 Å². The van der Waals surface area contributed by atoms with Gasteiger partial charge in [0.05, 0.1) is 24.1 Å². The second-order valence-corrected chi connectivity index (χ2v) is 4.77. The summed E-state index contributed by atoms with van der Waals surface area (Å²) in [7, 11) is 1.56. The molecule has 1 aliphatic carbocycles. The molecule has 1 saturated carbocycles. The van der Waals surface area contributed by atoms with Gasteiger partial charge in [0.15, 0.2) is 0 Å². The first-order valence-corrected chi connectivity index (χ1v) is 6.35. The first kappa shape index (κ1) is 12.2. The molecule has 0 aliphatic heterocycles. The molecule has 100 valence electrons. The number of imidazole rings is 1. The fourth-order valence-electron chi connectivity index (χ4n) is 2.27. The van der Waals surface area contributed by atoms with Crippen LogP contribution in [0, 0.1) is 5.82 Å². The average Bonchev–Trinajstić information content (AvgIpc) is 3.18. The summed E-state index contributed by atoms with van der Waals surface area (Å²) in [6.45, 7) is 0.413. The van der Waals surface area contributed by atoms with Crippen molar-refractivity contribution in [2.75, 3.05) is 7.11 Å². The first-order chi connectivity index (χ1) is 9.22. The monoisotopic (exact) mass is 261 g/mol. The van der Waals surface area contributed by atoms with Gasteiger partial charge in [-0.05, 0) is 31.0 Å². The number of aromatic amines is 1. The minimum Gasteiger partial charge on any atom is -0.496 e. The largest absolute Gasteiger partial charge is 0.496 e. The molecule has 5 heteroatoms. The summed E-state index contributed by atoms with van der Waals surface area (Å²) < 4.78 is 18.7. The molecule has 3 rings (SSSR count). The molecule has 3 N–H and O–H groups in total. The van der Waals surface area contributed by atoms with Gasteiger partial charge in [-0.3, -0.25) is 0 Å². The molecule has 0 saturated heterocycles. The van der Waals surface area contributed by atoms with Crippen LogP contribution in [0.15, 0.2) is 18.2 Å². The van der Waals surface area contributed by atoms with E-state index in [9.17, 15) is 4.39 Å². The standard InChI is InChI=1S/C14H16FN3O/c1-19-12-5-4-9(15)6-10(12)14-17-11(7-16)13(18-14)8-2-3-8/h4-6,8H,2-3,7,16H2,1H3,(H,17,18). The predicted molar refractivity (Wildman–Crippen MR) is 70.4 cm³/mol. The third-order valence-electron chi connectivity index (χ3n) is 3.40. The molecular weight excluding hydrogens is 245 g/mol. The van der Waals surface area contributed by atoms with Crippen LogP contribution in [-0.2, 0) is 6.54 Å². The van der Waals surface area contributed by atoms with Crippen molar-refractivity contribution in [3.63, 3.8) is 0 Å². The maximum absolute atomic E-state index is 13.4. The van der Waals surface area contributed by atoms with Gasteiger partial charge in [-0.25, -0.2) is 9.37 Å². The van der Waals surface area contributed by atoms with Gasteiger partial charge in [-0.1, -0.05) is 0 Å². The summed E-state index contributed by atoms with van der Waals surface area (Å²) in [6.07, 6.45) is 2.30. The topological polar surface area (TPSA) is 63.9 Å². The lowest BCUT2D eigenvalue weighted by molar-refractivity contribution is 0.415. The minimum atomic E-state index is -0.311. The smallest absolute Gasteiger partial charge is 0.141 e. The van der Waals surface area contributed by atoms with Crippen molar-refractivity contribution in [3.8, 4) is 17.1 Å². The molecule has 1 aliphatic rings. The molecule has 0 atom stereocenters. The fraction of sp³-hybridized carbons (Fsp3) is 0.357. The Balaban J connectivity index is 2.08.